The maximum absolute atomic E-state index is 13.2. The monoisotopic (exact) mass is 443 g/mol. The summed E-state index contributed by atoms with van der Waals surface area (Å²) < 4.78 is 5.63. The summed E-state index contributed by atoms with van der Waals surface area (Å²) in [5.74, 6) is 1.19. The molecule has 1 aliphatic heterocycles. The third-order valence-corrected chi connectivity index (χ3v) is 7.45. The smallest absolute Gasteiger partial charge is 0.263 e. The van der Waals surface area contributed by atoms with Gasteiger partial charge in [0, 0.05) is 18.0 Å². The molecule has 1 aliphatic rings. The average Bonchev–Trinajstić information content (AvgIpc) is 3.45. The van der Waals surface area contributed by atoms with E-state index in [9.17, 15) is 9.59 Å². The number of rotatable bonds is 6. The van der Waals surface area contributed by atoms with Crippen LogP contribution in [-0.2, 0) is 17.8 Å². The number of aryl methyl sites for hydroxylation is 2. The number of aromatic nitrogens is 1. The topological polar surface area (TPSA) is 75.4 Å². The summed E-state index contributed by atoms with van der Waals surface area (Å²) in [5, 5.41) is 5.72. The van der Waals surface area contributed by atoms with E-state index in [1.54, 1.807) is 11.3 Å². The van der Waals surface area contributed by atoms with Gasteiger partial charge in [-0.25, -0.2) is 4.98 Å². The second kappa shape index (κ2) is 8.73. The van der Waals surface area contributed by atoms with Crippen LogP contribution in [0.2, 0.25) is 0 Å². The summed E-state index contributed by atoms with van der Waals surface area (Å²) in [6, 6.07) is 5.29. The van der Waals surface area contributed by atoms with E-state index in [0.29, 0.717) is 40.8 Å². The first-order valence-electron chi connectivity index (χ1n) is 10.2. The van der Waals surface area contributed by atoms with E-state index in [2.05, 4.69) is 21.7 Å². The van der Waals surface area contributed by atoms with Crippen molar-refractivity contribution in [3.05, 3.63) is 50.4 Å². The Labute approximate surface area is 183 Å². The molecular formula is C22H25N3O3S2. The van der Waals surface area contributed by atoms with Gasteiger partial charge in [-0.05, 0) is 55.8 Å². The molecule has 0 aliphatic carbocycles. The van der Waals surface area contributed by atoms with Crippen LogP contribution in [0, 0.1) is 13.8 Å². The Hall–Kier alpha value is -2.45. The average molecular weight is 444 g/mol. The molecule has 0 bridgehead atoms. The van der Waals surface area contributed by atoms with Crippen LogP contribution in [0.5, 0.6) is 0 Å². The number of hydrogen-bond acceptors (Lipinski definition) is 6. The molecule has 6 nitrogen and oxygen atoms in total. The van der Waals surface area contributed by atoms with Crippen molar-refractivity contribution in [1.29, 1.82) is 0 Å². The van der Waals surface area contributed by atoms with Crippen molar-refractivity contribution in [3.63, 3.8) is 0 Å². The lowest BCUT2D eigenvalue weighted by molar-refractivity contribution is -0.134. The molecular weight excluding hydrogens is 418 g/mol. The number of hydrogen-bond donors (Lipinski definition) is 1. The minimum absolute atomic E-state index is 0.00824. The van der Waals surface area contributed by atoms with Crippen molar-refractivity contribution in [3.8, 4) is 10.8 Å². The van der Waals surface area contributed by atoms with Crippen LogP contribution in [0.1, 0.15) is 51.3 Å². The van der Waals surface area contributed by atoms with Gasteiger partial charge in [-0.3, -0.25) is 9.59 Å². The SMILES string of the molecule is CCCC(NC(=O)c1sc(-c2ccc(C)o2)nc1C)C(=O)N1CCc2sccc2C1. The molecule has 3 aromatic rings. The van der Waals surface area contributed by atoms with Crippen LogP contribution in [0.15, 0.2) is 28.0 Å². The zero-order valence-electron chi connectivity index (χ0n) is 17.4. The molecule has 0 radical (unpaired) electrons. The summed E-state index contributed by atoms with van der Waals surface area (Å²) in [6.07, 6.45) is 2.30. The summed E-state index contributed by atoms with van der Waals surface area (Å²) in [4.78, 5) is 34.4. The molecule has 0 fully saturated rings. The molecule has 2 amide bonds. The van der Waals surface area contributed by atoms with E-state index in [-0.39, 0.29) is 11.8 Å². The zero-order chi connectivity index (χ0) is 21.3. The molecule has 0 spiro atoms. The maximum Gasteiger partial charge on any atom is 0.263 e. The molecule has 1 atom stereocenters. The molecule has 4 heterocycles. The lowest BCUT2D eigenvalue weighted by Crippen LogP contribution is -2.49. The second-order valence-electron chi connectivity index (χ2n) is 7.54. The lowest BCUT2D eigenvalue weighted by Gasteiger charge is -2.30. The number of nitrogens with one attached hydrogen (secondary N) is 1. The Morgan fingerprint density at radius 3 is 2.87 bits per heavy atom. The Bertz CT molecular complexity index is 1070. The van der Waals surface area contributed by atoms with Crippen molar-refractivity contribution in [2.45, 2.75) is 52.6 Å². The summed E-state index contributed by atoms with van der Waals surface area (Å²) in [5.41, 5.74) is 1.86. The number of furan rings is 1. The highest BCUT2D eigenvalue weighted by Crippen LogP contribution is 2.29. The number of nitrogens with zero attached hydrogens (tertiary/aromatic N) is 2. The molecule has 0 aromatic carbocycles. The first-order chi connectivity index (χ1) is 14.5. The van der Waals surface area contributed by atoms with Crippen LogP contribution in [0.3, 0.4) is 0 Å². The summed E-state index contributed by atoms with van der Waals surface area (Å²) in [6.45, 7) is 7.02. The van der Waals surface area contributed by atoms with Gasteiger partial charge < -0.3 is 14.6 Å². The zero-order valence-corrected chi connectivity index (χ0v) is 19.0. The first-order valence-corrected chi connectivity index (χ1v) is 11.8. The number of fused-ring (bicyclic) bond motifs is 1. The molecule has 3 aromatic heterocycles. The van der Waals surface area contributed by atoms with Crippen molar-refractivity contribution < 1.29 is 14.0 Å². The Kier molecular flexibility index (Phi) is 6.06. The predicted molar refractivity (Wildman–Crippen MR) is 119 cm³/mol. The van der Waals surface area contributed by atoms with E-state index in [1.165, 1.54) is 21.8 Å². The third-order valence-electron chi connectivity index (χ3n) is 5.25. The van der Waals surface area contributed by atoms with Gasteiger partial charge in [0.05, 0.1) is 5.69 Å². The number of thiophene rings is 1. The normalized spacial score (nSPS) is 14.4. The molecule has 0 saturated carbocycles. The molecule has 8 heteroatoms. The highest BCUT2D eigenvalue weighted by Gasteiger charge is 2.29. The van der Waals surface area contributed by atoms with Gasteiger partial charge in [-0.15, -0.1) is 22.7 Å². The number of carbonyl (C=O) groups is 2. The number of carbonyl (C=O) groups excluding carboxylic acids is 2. The Balaban J connectivity index is 1.48. The van der Waals surface area contributed by atoms with Gasteiger partial charge in [0.25, 0.3) is 5.91 Å². The van der Waals surface area contributed by atoms with Crippen LogP contribution in [-0.4, -0.2) is 34.3 Å². The second-order valence-corrected chi connectivity index (χ2v) is 9.54. The molecule has 1 unspecified atom stereocenters. The van der Waals surface area contributed by atoms with E-state index in [0.717, 1.165) is 18.6 Å². The third kappa shape index (κ3) is 4.20. The van der Waals surface area contributed by atoms with E-state index in [4.69, 9.17) is 4.42 Å². The van der Waals surface area contributed by atoms with Gasteiger partial charge in [0.1, 0.15) is 16.7 Å². The maximum atomic E-state index is 13.2. The van der Waals surface area contributed by atoms with Crippen molar-refractivity contribution in [2.24, 2.45) is 0 Å². The fraction of sp³-hybridized carbons (Fsp3) is 0.409. The van der Waals surface area contributed by atoms with Crippen LogP contribution < -0.4 is 5.32 Å². The van der Waals surface area contributed by atoms with Gasteiger partial charge in [-0.1, -0.05) is 13.3 Å². The van der Waals surface area contributed by atoms with E-state index < -0.39 is 6.04 Å². The first kappa shape index (κ1) is 20.8. The summed E-state index contributed by atoms with van der Waals surface area (Å²) >= 11 is 3.04. The molecule has 0 saturated heterocycles. The van der Waals surface area contributed by atoms with E-state index in [1.807, 2.05) is 37.8 Å². The standard InChI is InChI=1S/C22H25N3O3S2/c1-4-5-16(22(27)25-10-8-18-15(12-25)9-11-29-18)24-20(26)19-14(3)23-21(30-19)17-7-6-13(2)28-17/h6-7,9,11,16H,4-5,8,10,12H2,1-3H3,(H,24,26). The largest absolute Gasteiger partial charge is 0.459 e. The van der Waals surface area contributed by atoms with Gasteiger partial charge >= 0.3 is 0 Å². The predicted octanol–water partition coefficient (Wildman–Crippen LogP) is 4.56. The number of amides is 2. The van der Waals surface area contributed by atoms with Gasteiger partial charge in [0.15, 0.2) is 10.8 Å². The molecule has 158 valence electrons. The fourth-order valence-electron chi connectivity index (χ4n) is 3.69. The van der Waals surface area contributed by atoms with Crippen LogP contribution in [0.4, 0.5) is 0 Å². The highest BCUT2D eigenvalue weighted by molar-refractivity contribution is 7.17. The van der Waals surface area contributed by atoms with Crippen molar-refractivity contribution >= 4 is 34.5 Å². The minimum atomic E-state index is -0.529. The molecule has 1 N–H and O–H groups in total. The fourth-order valence-corrected chi connectivity index (χ4v) is 5.51. The van der Waals surface area contributed by atoms with E-state index >= 15 is 0 Å². The highest BCUT2D eigenvalue weighted by atomic mass is 32.1. The van der Waals surface area contributed by atoms with Crippen molar-refractivity contribution in [1.82, 2.24) is 15.2 Å². The molecule has 4 rings (SSSR count). The van der Waals surface area contributed by atoms with Crippen LogP contribution >= 0.6 is 22.7 Å². The lowest BCUT2D eigenvalue weighted by atomic mass is 10.1. The van der Waals surface area contributed by atoms with Crippen LogP contribution in [0.25, 0.3) is 10.8 Å². The van der Waals surface area contributed by atoms with Crippen molar-refractivity contribution in [2.75, 3.05) is 6.54 Å². The Morgan fingerprint density at radius 2 is 2.13 bits per heavy atom. The minimum Gasteiger partial charge on any atom is -0.459 e. The number of thiazole rings is 1. The van der Waals surface area contributed by atoms with Gasteiger partial charge in [0.2, 0.25) is 5.91 Å². The Morgan fingerprint density at radius 1 is 1.30 bits per heavy atom. The summed E-state index contributed by atoms with van der Waals surface area (Å²) in [7, 11) is 0. The quantitative estimate of drug-likeness (QED) is 0.606. The van der Waals surface area contributed by atoms with Gasteiger partial charge in [-0.2, -0.15) is 0 Å². The molecule has 30 heavy (non-hydrogen) atoms.